The van der Waals surface area contributed by atoms with Gasteiger partial charge in [0.25, 0.3) is 0 Å². The Morgan fingerprint density at radius 2 is 0.750 bits per heavy atom. The van der Waals surface area contributed by atoms with Gasteiger partial charge in [-0.2, -0.15) is 0 Å². The van der Waals surface area contributed by atoms with E-state index in [0.717, 1.165) is 0 Å². The summed E-state index contributed by atoms with van der Waals surface area (Å²) in [5.41, 5.74) is 0. The largest absolute Gasteiger partial charge is 0 e. The van der Waals surface area contributed by atoms with Crippen molar-refractivity contribution >= 4 is 71.5 Å². The fraction of sp³-hybridized carbons (Fsp3) is 0. The molecule has 4 heteroatoms. The van der Waals surface area contributed by atoms with Crippen LogP contribution in [0.4, 0.5) is 0 Å². The van der Waals surface area contributed by atoms with Crippen molar-refractivity contribution in [2.75, 3.05) is 0 Å². The zero-order chi connectivity index (χ0) is 0. The normalized spacial score (nSPS) is 0. The second-order valence-corrected chi connectivity index (χ2v) is 0. The maximum absolute atomic E-state index is 0. The average molecular weight is 365 g/mol. The molecule has 0 spiro atoms. The Kier molecular flexibility index (Phi) is 117. The SMILES string of the molecule is [Ga].[In].[In].[Zn]. The third-order valence-electron chi connectivity index (χ3n) is 0. The minimum absolute atomic E-state index is 0. The summed E-state index contributed by atoms with van der Waals surface area (Å²) in [6.07, 6.45) is 0. The molecule has 0 rings (SSSR count). The van der Waals surface area contributed by atoms with Gasteiger partial charge in [-0.1, -0.05) is 0 Å². The van der Waals surface area contributed by atoms with Crippen molar-refractivity contribution in [3.8, 4) is 0 Å². The Hall–Kier alpha value is 3.00. The monoisotopic (exact) mass is 363 g/mol. The maximum Gasteiger partial charge on any atom is 0 e. The van der Waals surface area contributed by atoms with Crippen LogP contribution in [-0.2, 0) is 19.5 Å². The topological polar surface area (TPSA) is 0 Å². The summed E-state index contributed by atoms with van der Waals surface area (Å²) >= 11 is 0. The molecule has 0 aliphatic carbocycles. The predicted molar refractivity (Wildman–Crippen MR) is 17.3 cm³/mol. The van der Waals surface area contributed by atoms with E-state index < -0.39 is 0 Å². The summed E-state index contributed by atoms with van der Waals surface area (Å²) < 4.78 is 0. The molecule has 0 nitrogen and oxygen atoms in total. The van der Waals surface area contributed by atoms with E-state index in [1.54, 1.807) is 0 Å². The van der Waals surface area contributed by atoms with E-state index in [2.05, 4.69) is 0 Å². The Bertz CT molecular complexity index is 6.00. The quantitative estimate of drug-likeness (QED) is 0.477. The summed E-state index contributed by atoms with van der Waals surface area (Å²) in [5, 5.41) is 0. The van der Waals surface area contributed by atoms with E-state index in [1.165, 1.54) is 0 Å². The van der Waals surface area contributed by atoms with E-state index in [0.29, 0.717) is 0 Å². The zero-order valence-corrected chi connectivity index (χ0v) is 14.4. The van der Waals surface area contributed by atoms with E-state index >= 15 is 0 Å². The van der Waals surface area contributed by atoms with Gasteiger partial charge in [0.15, 0.2) is 0 Å². The number of rotatable bonds is 0. The van der Waals surface area contributed by atoms with Crippen molar-refractivity contribution in [3.05, 3.63) is 0 Å². The molecule has 0 bridgehead atoms. The van der Waals surface area contributed by atoms with Gasteiger partial charge >= 0.3 is 0 Å². The molecule has 0 aromatic carbocycles. The van der Waals surface area contributed by atoms with Crippen molar-refractivity contribution in [3.63, 3.8) is 0 Å². The minimum Gasteiger partial charge on any atom is 0 e. The molecule has 0 aromatic heterocycles. The second kappa shape index (κ2) is 16.7. The molecule has 0 saturated heterocycles. The van der Waals surface area contributed by atoms with Gasteiger partial charge < -0.3 is 0 Å². The number of hydrogen-bond donors (Lipinski definition) is 0. The molecule has 0 aliphatic heterocycles. The molecule has 0 aromatic rings. The minimum atomic E-state index is 0. The van der Waals surface area contributed by atoms with Crippen LogP contribution >= 0.6 is 0 Å². The Labute approximate surface area is 89.2 Å². The molecule has 0 aliphatic rings. The molecular formula is GaIn2Zn. The molecule has 0 N–H and O–H groups in total. The maximum atomic E-state index is 0. The third-order valence-corrected chi connectivity index (χ3v) is 0. The Balaban J connectivity index is 0. The van der Waals surface area contributed by atoms with E-state index in [-0.39, 0.29) is 91.0 Å². The van der Waals surface area contributed by atoms with Gasteiger partial charge in [0, 0.05) is 91.0 Å². The van der Waals surface area contributed by atoms with Crippen molar-refractivity contribution < 1.29 is 19.5 Å². The van der Waals surface area contributed by atoms with Crippen LogP contribution in [0.15, 0.2) is 0 Å². The van der Waals surface area contributed by atoms with Crippen LogP contribution in [0.25, 0.3) is 0 Å². The van der Waals surface area contributed by atoms with Crippen LogP contribution < -0.4 is 0 Å². The molecule has 0 amide bonds. The van der Waals surface area contributed by atoms with E-state index in [4.69, 9.17) is 0 Å². The summed E-state index contributed by atoms with van der Waals surface area (Å²) in [7, 11) is 0. The summed E-state index contributed by atoms with van der Waals surface area (Å²) in [6.45, 7) is 0. The molecule has 9 radical (unpaired) electrons. The first-order chi connectivity index (χ1) is 0. The van der Waals surface area contributed by atoms with Crippen molar-refractivity contribution in [1.29, 1.82) is 0 Å². The smallest absolute Gasteiger partial charge is 0 e. The molecule has 4 heavy (non-hydrogen) atoms. The van der Waals surface area contributed by atoms with Crippen LogP contribution in [0.3, 0.4) is 0 Å². The van der Waals surface area contributed by atoms with E-state index in [9.17, 15) is 0 Å². The number of hydrogen-bond acceptors (Lipinski definition) is 0. The molecule has 0 fully saturated rings. The van der Waals surface area contributed by atoms with Gasteiger partial charge in [-0.25, -0.2) is 0 Å². The van der Waals surface area contributed by atoms with Gasteiger partial charge in [-0.15, -0.1) is 0 Å². The standard InChI is InChI=1S/Ga.2In.Zn. The molecule has 0 atom stereocenters. The van der Waals surface area contributed by atoms with Crippen LogP contribution in [-0.4, -0.2) is 71.5 Å². The first kappa shape index (κ1) is 28.0. The molecule has 11 valence electrons. The van der Waals surface area contributed by atoms with Crippen molar-refractivity contribution in [1.82, 2.24) is 0 Å². The van der Waals surface area contributed by atoms with E-state index in [1.807, 2.05) is 0 Å². The second-order valence-electron chi connectivity index (χ2n) is 0. The molecule has 0 saturated carbocycles. The molecule has 0 heterocycles. The van der Waals surface area contributed by atoms with Gasteiger partial charge in [0.05, 0.1) is 0 Å². The predicted octanol–water partition coefficient (Wildman–Crippen LogP) is -1.14. The van der Waals surface area contributed by atoms with Gasteiger partial charge in [0.1, 0.15) is 0 Å². The van der Waals surface area contributed by atoms with Crippen LogP contribution in [0.2, 0.25) is 0 Å². The van der Waals surface area contributed by atoms with Crippen LogP contribution in [0.1, 0.15) is 0 Å². The van der Waals surface area contributed by atoms with Crippen LogP contribution in [0.5, 0.6) is 0 Å². The van der Waals surface area contributed by atoms with Gasteiger partial charge in [0.2, 0.25) is 0 Å². The van der Waals surface area contributed by atoms with Crippen LogP contribution in [0, 0.1) is 0 Å². The third kappa shape index (κ3) is 8.89. The van der Waals surface area contributed by atoms with Gasteiger partial charge in [-0.05, 0) is 0 Å². The Morgan fingerprint density at radius 3 is 0.750 bits per heavy atom. The zero-order valence-electron chi connectivity index (χ0n) is 2.44. The van der Waals surface area contributed by atoms with Crippen molar-refractivity contribution in [2.24, 2.45) is 0 Å². The average Bonchev–Trinajstić information content (AvgIpc) is 0. The van der Waals surface area contributed by atoms with Gasteiger partial charge in [-0.3, -0.25) is 0 Å². The summed E-state index contributed by atoms with van der Waals surface area (Å²) in [5.74, 6) is 0. The summed E-state index contributed by atoms with van der Waals surface area (Å²) in [4.78, 5) is 0. The first-order valence-corrected chi connectivity index (χ1v) is 0. The molecule has 0 unspecified atom stereocenters. The summed E-state index contributed by atoms with van der Waals surface area (Å²) in [6, 6.07) is 0. The molecular weight excluding hydrogens is 365 g/mol. The fourth-order valence-electron chi connectivity index (χ4n) is 0. The fourth-order valence-corrected chi connectivity index (χ4v) is 0. The first-order valence-electron chi connectivity index (χ1n) is 0. The Morgan fingerprint density at radius 1 is 0.750 bits per heavy atom. The van der Waals surface area contributed by atoms with Crippen molar-refractivity contribution in [2.45, 2.75) is 0 Å².